The molecular formula is C14H23BN2O3. The summed E-state index contributed by atoms with van der Waals surface area (Å²) >= 11 is 0. The summed E-state index contributed by atoms with van der Waals surface area (Å²) < 4.78 is 17.7. The van der Waals surface area contributed by atoms with Gasteiger partial charge in [-0.05, 0) is 33.8 Å². The Morgan fingerprint density at radius 1 is 1.10 bits per heavy atom. The first-order valence-electron chi connectivity index (χ1n) is 7.29. The van der Waals surface area contributed by atoms with E-state index < -0.39 is 7.12 Å². The van der Waals surface area contributed by atoms with E-state index >= 15 is 0 Å². The highest BCUT2D eigenvalue weighted by Crippen LogP contribution is 2.36. The van der Waals surface area contributed by atoms with Crippen molar-refractivity contribution in [2.75, 3.05) is 31.1 Å². The zero-order valence-corrected chi connectivity index (χ0v) is 12.7. The van der Waals surface area contributed by atoms with Crippen LogP contribution in [0, 0.1) is 0 Å². The first kappa shape index (κ1) is 14.0. The topological polar surface area (TPSA) is 46.9 Å². The average molecular weight is 278 g/mol. The molecule has 20 heavy (non-hydrogen) atoms. The lowest BCUT2D eigenvalue weighted by molar-refractivity contribution is 0.00578. The number of hydrogen-bond donors (Lipinski definition) is 1. The van der Waals surface area contributed by atoms with Gasteiger partial charge in [-0.25, -0.2) is 0 Å². The summed E-state index contributed by atoms with van der Waals surface area (Å²) in [7, 11) is -0.420. The van der Waals surface area contributed by atoms with E-state index in [1.165, 1.54) is 0 Å². The Kier molecular flexibility index (Phi) is 3.35. The predicted molar refractivity (Wildman–Crippen MR) is 79.5 cm³/mol. The minimum atomic E-state index is -0.420. The van der Waals surface area contributed by atoms with Gasteiger partial charge in [-0.3, -0.25) is 0 Å². The van der Waals surface area contributed by atoms with Gasteiger partial charge < -0.3 is 23.9 Å². The summed E-state index contributed by atoms with van der Waals surface area (Å²) in [5, 5.41) is 3.35. The van der Waals surface area contributed by atoms with Crippen LogP contribution >= 0.6 is 0 Å². The third-order valence-electron chi connectivity index (χ3n) is 4.57. The van der Waals surface area contributed by atoms with Gasteiger partial charge in [0.1, 0.15) is 11.9 Å². The third-order valence-corrected chi connectivity index (χ3v) is 4.57. The highest BCUT2D eigenvalue weighted by molar-refractivity contribution is 6.60. The van der Waals surface area contributed by atoms with E-state index in [1.54, 1.807) is 6.26 Å². The van der Waals surface area contributed by atoms with Gasteiger partial charge in [0.2, 0.25) is 0 Å². The van der Waals surface area contributed by atoms with Gasteiger partial charge >= 0.3 is 7.12 Å². The molecule has 2 fully saturated rings. The number of anilines is 1. The Balaban J connectivity index is 1.74. The van der Waals surface area contributed by atoms with Crippen LogP contribution in [0.5, 0.6) is 0 Å². The van der Waals surface area contributed by atoms with Crippen molar-refractivity contribution < 1.29 is 13.7 Å². The normalized spacial score (nSPS) is 25.2. The Hall–Kier alpha value is -0.975. The molecule has 3 heterocycles. The molecule has 2 aliphatic heterocycles. The summed E-state index contributed by atoms with van der Waals surface area (Å²) in [5.74, 6) is 0. The standard InChI is InChI=1S/C14H23BN2O3/c1-13(2)14(3,4)20-15(19-13)12-9-11(10-18-12)17-7-5-16-6-8-17/h9-10,16H,5-8H2,1-4H3. The van der Waals surface area contributed by atoms with Crippen LogP contribution in [0.15, 0.2) is 16.7 Å². The molecule has 2 saturated heterocycles. The number of rotatable bonds is 2. The second kappa shape index (κ2) is 4.79. The number of hydrogen-bond acceptors (Lipinski definition) is 5. The monoisotopic (exact) mass is 278 g/mol. The van der Waals surface area contributed by atoms with Gasteiger partial charge in [-0.1, -0.05) is 0 Å². The van der Waals surface area contributed by atoms with Crippen molar-refractivity contribution in [3.8, 4) is 0 Å². The smallest absolute Gasteiger partial charge is 0.471 e. The fourth-order valence-electron chi connectivity index (χ4n) is 2.51. The largest absolute Gasteiger partial charge is 0.532 e. The van der Waals surface area contributed by atoms with Gasteiger partial charge in [-0.2, -0.15) is 0 Å². The second-order valence-electron chi connectivity index (χ2n) is 6.53. The van der Waals surface area contributed by atoms with Crippen molar-refractivity contribution in [3.63, 3.8) is 0 Å². The van der Waals surface area contributed by atoms with Gasteiger partial charge in [0.25, 0.3) is 0 Å². The number of nitrogens with one attached hydrogen (secondary N) is 1. The maximum atomic E-state index is 6.00. The van der Waals surface area contributed by atoms with Crippen molar-refractivity contribution >= 4 is 18.5 Å². The Bertz CT molecular complexity index is 465. The second-order valence-corrected chi connectivity index (χ2v) is 6.53. The summed E-state index contributed by atoms with van der Waals surface area (Å²) in [6, 6.07) is 2.04. The van der Waals surface area contributed by atoms with Crippen LogP contribution in [0.2, 0.25) is 0 Å². The van der Waals surface area contributed by atoms with Crippen molar-refractivity contribution in [1.29, 1.82) is 0 Å². The molecule has 0 atom stereocenters. The van der Waals surface area contributed by atoms with Crippen LogP contribution in [-0.4, -0.2) is 44.5 Å². The third kappa shape index (κ3) is 2.36. The summed E-state index contributed by atoms with van der Waals surface area (Å²) in [5.41, 5.74) is 1.19. The van der Waals surface area contributed by atoms with E-state index in [1.807, 2.05) is 33.8 Å². The van der Waals surface area contributed by atoms with Crippen LogP contribution in [0.4, 0.5) is 5.69 Å². The van der Waals surface area contributed by atoms with Crippen LogP contribution in [0.3, 0.4) is 0 Å². The van der Waals surface area contributed by atoms with Gasteiger partial charge in [-0.15, -0.1) is 0 Å². The molecule has 110 valence electrons. The lowest BCUT2D eigenvalue weighted by Gasteiger charge is -2.32. The Labute approximate surface area is 120 Å². The van der Waals surface area contributed by atoms with Gasteiger partial charge in [0, 0.05) is 26.2 Å². The Morgan fingerprint density at radius 2 is 1.70 bits per heavy atom. The van der Waals surface area contributed by atoms with Crippen molar-refractivity contribution in [3.05, 3.63) is 12.3 Å². The SMILES string of the molecule is CC1(C)OB(c2cc(N3CCNCC3)co2)OC1(C)C. The zero-order valence-electron chi connectivity index (χ0n) is 12.7. The number of furan rings is 1. The maximum Gasteiger partial charge on any atom is 0.532 e. The van der Waals surface area contributed by atoms with Crippen LogP contribution in [-0.2, 0) is 9.31 Å². The van der Waals surface area contributed by atoms with E-state index in [0.717, 1.165) is 37.5 Å². The first-order chi connectivity index (χ1) is 9.39. The molecule has 6 heteroatoms. The minimum Gasteiger partial charge on any atom is -0.471 e. The van der Waals surface area contributed by atoms with Crippen LogP contribution in [0.25, 0.3) is 0 Å². The Morgan fingerprint density at radius 3 is 2.30 bits per heavy atom. The molecule has 0 unspecified atom stereocenters. The molecule has 0 aromatic carbocycles. The first-order valence-corrected chi connectivity index (χ1v) is 7.29. The summed E-state index contributed by atoms with van der Waals surface area (Å²) in [6.07, 6.45) is 1.80. The maximum absolute atomic E-state index is 6.00. The highest BCUT2D eigenvalue weighted by atomic mass is 16.7. The molecule has 0 aliphatic carbocycles. The summed E-state index contributed by atoms with van der Waals surface area (Å²) in [4.78, 5) is 2.31. The molecule has 5 nitrogen and oxygen atoms in total. The summed E-state index contributed by atoms with van der Waals surface area (Å²) in [6.45, 7) is 12.2. The van der Waals surface area contributed by atoms with Crippen molar-refractivity contribution in [2.24, 2.45) is 0 Å². The molecule has 0 saturated carbocycles. The number of nitrogens with zero attached hydrogens (tertiary/aromatic N) is 1. The molecule has 1 aromatic heterocycles. The van der Waals surface area contributed by atoms with Crippen molar-refractivity contribution in [2.45, 2.75) is 38.9 Å². The van der Waals surface area contributed by atoms with E-state index in [9.17, 15) is 0 Å². The molecule has 1 aromatic rings. The number of piperazine rings is 1. The van der Waals surface area contributed by atoms with E-state index in [-0.39, 0.29) is 11.2 Å². The van der Waals surface area contributed by atoms with E-state index in [2.05, 4.69) is 10.2 Å². The fraction of sp³-hybridized carbons (Fsp3) is 0.714. The molecule has 0 radical (unpaired) electrons. The van der Waals surface area contributed by atoms with Crippen LogP contribution < -0.4 is 15.9 Å². The molecular weight excluding hydrogens is 255 g/mol. The lowest BCUT2D eigenvalue weighted by Crippen LogP contribution is -2.43. The molecule has 0 bridgehead atoms. The molecule has 1 N–H and O–H groups in total. The van der Waals surface area contributed by atoms with Gasteiger partial charge in [0.15, 0.2) is 0 Å². The minimum absolute atomic E-state index is 0.334. The van der Waals surface area contributed by atoms with Gasteiger partial charge in [0.05, 0.1) is 16.9 Å². The van der Waals surface area contributed by atoms with E-state index in [4.69, 9.17) is 13.7 Å². The highest BCUT2D eigenvalue weighted by Gasteiger charge is 2.53. The van der Waals surface area contributed by atoms with Crippen LogP contribution in [0.1, 0.15) is 27.7 Å². The molecule has 0 amide bonds. The predicted octanol–water partition coefficient (Wildman–Crippen LogP) is 0.988. The molecule has 0 spiro atoms. The molecule has 2 aliphatic rings. The average Bonchev–Trinajstić information content (AvgIpc) is 2.94. The zero-order chi connectivity index (χ0) is 14.4. The lowest BCUT2D eigenvalue weighted by atomic mass is 9.86. The van der Waals surface area contributed by atoms with Crippen molar-refractivity contribution in [1.82, 2.24) is 5.32 Å². The quantitative estimate of drug-likeness (QED) is 0.817. The fourth-order valence-corrected chi connectivity index (χ4v) is 2.51. The molecule has 3 rings (SSSR count). The van der Waals surface area contributed by atoms with E-state index in [0.29, 0.717) is 0 Å².